The number of thiol groups is 1. The van der Waals surface area contributed by atoms with Gasteiger partial charge in [-0.05, 0) is 30.7 Å². The van der Waals surface area contributed by atoms with Crippen LogP contribution in [0.25, 0.3) is 0 Å². The number of hydrogen-bond acceptors (Lipinski definition) is 2. The summed E-state index contributed by atoms with van der Waals surface area (Å²) in [6.07, 6.45) is 1.04. The molecule has 1 rings (SSSR count). The highest BCUT2D eigenvalue weighted by Crippen LogP contribution is 2.14. The Balaban J connectivity index is 2.52. The van der Waals surface area contributed by atoms with Crippen molar-refractivity contribution in [1.29, 1.82) is 0 Å². The normalized spacial score (nSPS) is 9.64. The fourth-order valence-corrected chi connectivity index (χ4v) is 0.911. The quantitative estimate of drug-likeness (QED) is 0.683. The maximum atomic E-state index is 5.38. The molecule has 0 amide bonds. The Morgan fingerprint density at radius 2 is 1.91 bits per heavy atom. The molecule has 11 heavy (non-hydrogen) atoms. The summed E-state index contributed by atoms with van der Waals surface area (Å²) < 4.78 is 5.38. The van der Waals surface area contributed by atoms with Crippen LogP contribution < -0.4 is 4.74 Å². The number of benzene rings is 1. The lowest BCUT2D eigenvalue weighted by Gasteiger charge is -2.02. The largest absolute Gasteiger partial charge is 0.494 e. The van der Waals surface area contributed by atoms with Crippen molar-refractivity contribution >= 4 is 12.6 Å². The van der Waals surface area contributed by atoms with E-state index in [-0.39, 0.29) is 0 Å². The molecule has 0 aliphatic heterocycles. The molecule has 0 fully saturated rings. The zero-order valence-electron chi connectivity index (χ0n) is 6.58. The van der Waals surface area contributed by atoms with Crippen LogP contribution in [-0.2, 0) is 0 Å². The van der Waals surface area contributed by atoms with Gasteiger partial charge in [0, 0.05) is 4.90 Å². The van der Waals surface area contributed by atoms with Gasteiger partial charge in [0.2, 0.25) is 0 Å². The summed E-state index contributed by atoms with van der Waals surface area (Å²) in [5.74, 6) is 0.921. The maximum absolute atomic E-state index is 5.38. The van der Waals surface area contributed by atoms with E-state index in [0.717, 1.165) is 23.7 Å². The van der Waals surface area contributed by atoms with Crippen molar-refractivity contribution in [2.24, 2.45) is 0 Å². The number of rotatable bonds is 3. The summed E-state index contributed by atoms with van der Waals surface area (Å²) in [7, 11) is 0. The van der Waals surface area contributed by atoms with Crippen LogP contribution in [0.15, 0.2) is 29.2 Å². The van der Waals surface area contributed by atoms with E-state index >= 15 is 0 Å². The van der Waals surface area contributed by atoms with Gasteiger partial charge in [0.15, 0.2) is 0 Å². The molecule has 0 spiro atoms. The Bertz CT molecular complexity index is 205. The van der Waals surface area contributed by atoms with Gasteiger partial charge in [0.1, 0.15) is 5.75 Å². The van der Waals surface area contributed by atoms with Gasteiger partial charge in [-0.3, -0.25) is 0 Å². The first-order chi connectivity index (χ1) is 5.33. The van der Waals surface area contributed by atoms with Crippen molar-refractivity contribution in [2.45, 2.75) is 18.2 Å². The van der Waals surface area contributed by atoms with Crippen LogP contribution in [0.5, 0.6) is 5.75 Å². The summed E-state index contributed by atoms with van der Waals surface area (Å²) in [6.45, 7) is 2.87. The van der Waals surface area contributed by atoms with Crippen LogP contribution in [0.3, 0.4) is 0 Å². The van der Waals surface area contributed by atoms with Gasteiger partial charge in [-0.1, -0.05) is 6.92 Å². The second kappa shape index (κ2) is 4.29. The van der Waals surface area contributed by atoms with Crippen molar-refractivity contribution in [1.82, 2.24) is 0 Å². The average Bonchev–Trinajstić information content (AvgIpc) is 2.04. The Hall–Kier alpha value is -0.630. The lowest BCUT2D eigenvalue weighted by atomic mass is 10.3. The molecular formula is C9H12OS. The third-order valence-electron chi connectivity index (χ3n) is 1.31. The molecule has 1 nitrogen and oxygen atoms in total. The van der Waals surface area contributed by atoms with Crippen molar-refractivity contribution in [3.05, 3.63) is 24.3 Å². The predicted octanol–water partition coefficient (Wildman–Crippen LogP) is 2.76. The van der Waals surface area contributed by atoms with E-state index in [2.05, 4.69) is 19.6 Å². The van der Waals surface area contributed by atoms with Crippen LogP contribution in [0.4, 0.5) is 0 Å². The summed E-state index contributed by atoms with van der Waals surface area (Å²) in [6, 6.07) is 7.71. The molecule has 0 aromatic heterocycles. The van der Waals surface area contributed by atoms with Gasteiger partial charge >= 0.3 is 0 Å². The molecule has 0 saturated carbocycles. The third kappa shape index (κ3) is 2.85. The fraction of sp³-hybridized carbons (Fsp3) is 0.333. The van der Waals surface area contributed by atoms with E-state index in [1.807, 2.05) is 24.3 Å². The highest BCUT2D eigenvalue weighted by molar-refractivity contribution is 7.80. The SMILES string of the molecule is CCCOc1ccc(S)cc1. The van der Waals surface area contributed by atoms with Crippen LogP contribution in [-0.4, -0.2) is 6.61 Å². The minimum absolute atomic E-state index is 0.784. The molecule has 0 bridgehead atoms. The fourth-order valence-electron chi connectivity index (χ4n) is 0.762. The topological polar surface area (TPSA) is 9.23 Å². The van der Waals surface area contributed by atoms with Crippen molar-refractivity contribution in [2.75, 3.05) is 6.61 Å². The minimum Gasteiger partial charge on any atom is -0.494 e. The Morgan fingerprint density at radius 3 is 2.45 bits per heavy atom. The summed E-state index contributed by atoms with van der Waals surface area (Å²) in [5.41, 5.74) is 0. The molecule has 0 saturated heterocycles. The Morgan fingerprint density at radius 1 is 1.27 bits per heavy atom. The Labute approximate surface area is 72.8 Å². The van der Waals surface area contributed by atoms with Crippen molar-refractivity contribution < 1.29 is 4.74 Å². The maximum Gasteiger partial charge on any atom is 0.119 e. The van der Waals surface area contributed by atoms with Gasteiger partial charge in [-0.25, -0.2) is 0 Å². The van der Waals surface area contributed by atoms with E-state index in [0.29, 0.717) is 0 Å². The molecule has 0 N–H and O–H groups in total. The highest BCUT2D eigenvalue weighted by Gasteiger charge is 1.90. The van der Waals surface area contributed by atoms with Gasteiger partial charge < -0.3 is 4.74 Å². The number of hydrogen-bond donors (Lipinski definition) is 1. The van der Waals surface area contributed by atoms with E-state index in [1.54, 1.807) is 0 Å². The van der Waals surface area contributed by atoms with Crippen LogP contribution in [0.2, 0.25) is 0 Å². The monoisotopic (exact) mass is 168 g/mol. The van der Waals surface area contributed by atoms with E-state index in [4.69, 9.17) is 4.74 Å². The smallest absolute Gasteiger partial charge is 0.119 e. The number of ether oxygens (including phenoxy) is 1. The summed E-state index contributed by atoms with van der Waals surface area (Å²) in [5, 5.41) is 0. The molecular weight excluding hydrogens is 156 g/mol. The molecule has 0 heterocycles. The van der Waals surface area contributed by atoms with Gasteiger partial charge in [0.25, 0.3) is 0 Å². The highest BCUT2D eigenvalue weighted by atomic mass is 32.1. The second-order valence-corrected chi connectivity index (χ2v) is 2.86. The van der Waals surface area contributed by atoms with Crippen LogP contribution >= 0.6 is 12.6 Å². The first-order valence-electron chi connectivity index (χ1n) is 3.74. The molecule has 2 heteroatoms. The first kappa shape index (κ1) is 8.47. The lowest BCUT2D eigenvalue weighted by Crippen LogP contribution is -1.93. The van der Waals surface area contributed by atoms with Crippen molar-refractivity contribution in [3.8, 4) is 5.75 Å². The molecule has 0 aliphatic rings. The molecule has 0 radical (unpaired) electrons. The van der Waals surface area contributed by atoms with Gasteiger partial charge in [-0.2, -0.15) is 0 Å². The van der Waals surface area contributed by atoms with E-state index in [1.165, 1.54) is 0 Å². The molecule has 0 atom stereocenters. The van der Waals surface area contributed by atoms with Gasteiger partial charge in [-0.15, -0.1) is 12.6 Å². The summed E-state index contributed by atoms with van der Waals surface area (Å²) >= 11 is 4.17. The minimum atomic E-state index is 0.784. The van der Waals surface area contributed by atoms with Crippen LogP contribution in [0.1, 0.15) is 13.3 Å². The van der Waals surface area contributed by atoms with E-state index in [9.17, 15) is 0 Å². The average molecular weight is 168 g/mol. The zero-order chi connectivity index (χ0) is 8.10. The third-order valence-corrected chi connectivity index (χ3v) is 1.61. The summed E-state index contributed by atoms with van der Waals surface area (Å²) in [4.78, 5) is 0.967. The molecule has 60 valence electrons. The van der Waals surface area contributed by atoms with Crippen LogP contribution in [0, 0.1) is 0 Å². The molecule has 1 aromatic rings. The molecule has 0 aliphatic carbocycles. The Kier molecular flexibility index (Phi) is 3.30. The lowest BCUT2D eigenvalue weighted by molar-refractivity contribution is 0.317. The zero-order valence-corrected chi connectivity index (χ0v) is 7.47. The predicted molar refractivity (Wildman–Crippen MR) is 49.5 cm³/mol. The molecule has 0 unspecified atom stereocenters. The molecule has 1 aromatic carbocycles. The standard InChI is InChI=1S/C9H12OS/c1-2-7-10-8-3-5-9(11)6-4-8/h3-6,11H,2,7H2,1H3. The van der Waals surface area contributed by atoms with Gasteiger partial charge in [0.05, 0.1) is 6.61 Å². The second-order valence-electron chi connectivity index (χ2n) is 2.34. The van der Waals surface area contributed by atoms with Crippen molar-refractivity contribution in [3.63, 3.8) is 0 Å². The first-order valence-corrected chi connectivity index (χ1v) is 4.19. The van der Waals surface area contributed by atoms with E-state index < -0.39 is 0 Å².